The second-order valence-corrected chi connectivity index (χ2v) is 13.7. The fraction of sp³-hybridized carbons (Fsp3) is 0.931. The Kier molecular flexibility index (Phi) is 4.54. The summed E-state index contributed by atoms with van der Waals surface area (Å²) in [5, 5.41) is 0. The second-order valence-electron chi connectivity index (χ2n) is 13.7. The number of hydrogen-bond donors (Lipinski definition) is 0. The van der Waals surface area contributed by atoms with Crippen LogP contribution < -0.4 is 0 Å². The summed E-state index contributed by atoms with van der Waals surface area (Å²) in [5.41, 5.74) is 4.05. The van der Waals surface area contributed by atoms with Crippen LogP contribution in [0.25, 0.3) is 0 Å². The van der Waals surface area contributed by atoms with Gasteiger partial charge in [-0.3, -0.25) is 0 Å². The lowest BCUT2D eigenvalue weighted by Gasteiger charge is -2.70. The first-order chi connectivity index (χ1) is 13.6. The van der Waals surface area contributed by atoms with Crippen molar-refractivity contribution in [3.63, 3.8) is 0 Å². The molecule has 4 fully saturated rings. The van der Waals surface area contributed by atoms with Gasteiger partial charge in [0.15, 0.2) is 0 Å². The maximum absolute atomic E-state index is 2.86. The Morgan fingerprint density at radius 1 is 0.793 bits per heavy atom. The smallest absolute Gasteiger partial charge is 0.00564 e. The van der Waals surface area contributed by atoms with Gasteiger partial charge in [0.2, 0.25) is 0 Å². The van der Waals surface area contributed by atoms with Crippen molar-refractivity contribution in [2.75, 3.05) is 0 Å². The molecule has 5 aliphatic rings. The second kappa shape index (κ2) is 6.38. The molecule has 0 nitrogen and oxygen atoms in total. The van der Waals surface area contributed by atoms with Gasteiger partial charge in [-0.05, 0) is 109 Å². The molecule has 5 rings (SSSR count). The summed E-state index contributed by atoms with van der Waals surface area (Å²) in [4.78, 5) is 0. The van der Waals surface area contributed by atoms with Gasteiger partial charge in [-0.25, -0.2) is 0 Å². The van der Waals surface area contributed by atoms with E-state index in [1.807, 2.05) is 5.57 Å². The number of allylic oxidation sites excluding steroid dienone is 2. The molecule has 10 atom stereocenters. The summed E-state index contributed by atoms with van der Waals surface area (Å²) >= 11 is 0. The molecule has 29 heavy (non-hydrogen) atoms. The van der Waals surface area contributed by atoms with Crippen LogP contribution in [0, 0.1) is 57.2 Å². The summed E-state index contributed by atoms with van der Waals surface area (Å²) in [7, 11) is 0. The molecule has 0 aromatic heterocycles. The average molecular weight is 397 g/mol. The molecular weight excluding hydrogens is 348 g/mol. The molecule has 164 valence electrons. The van der Waals surface area contributed by atoms with Crippen LogP contribution in [0.2, 0.25) is 0 Å². The van der Waals surface area contributed by atoms with E-state index >= 15 is 0 Å². The molecule has 0 N–H and O–H groups in total. The minimum Gasteiger partial charge on any atom is -0.0841 e. The Labute approximate surface area is 181 Å². The van der Waals surface area contributed by atoms with Gasteiger partial charge in [0.05, 0.1) is 0 Å². The largest absolute Gasteiger partial charge is 0.0841 e. The van der Waals surface area contributed by atoms with Crippen molar-refractivity contribution >= 4 is 0 Å². The standard InChI is InChI=1S/C29H48/c1-19-12-15-26(4)17-18-28(6)23(25(26)21(19)3)10-11-24-27(5)14-8-9-20(2)22(27)13-16-29(24,28)7/h10,19-22,24-25H,8-9,11-18H2,1-7H3/t19-,20?,21+,22?,24-,25+,26-,27+,28-,29-/m1/s1. The molecule has 0 aromatic carbocycles. The summed E-state index contributed by atoms with van der Waals surface area (Å²) in [6.07, 6.45) is 17.5. The van der Waals surface area contributed by atoms with E-state index < -0.39 is 0 Å². The molecule has 0 heteroatoms. The van der Waals surface area contributed by atoms with Crippen molar-refractivity contribution in [2.24, 2.45) is 57.2 Å². The Hall–Kier alpha value is -0.260. The highest BCUT2D eigenvalue weighted by atomic mass is 14.7. The molecule has 0 spiro atoms. The fourth-order valence-corrected chi connectivity index (χ4v) is 10.5. The highest BCUT2D eigenvalue weighted by Crippen LogP contribution is 2.74. The minimum atomic E-state index is 0.445. The van der Waals surface area contributed by atoms with Crippen molar-refractivity contribution in [1.29, 1.82) is 0 Å². The lowest BCUT2D eigenvalue weighted by molar-refractivity contribution is -0.166. The van der Waals surface area contributed by atoms with Gasteiger partial charge >= 0.3 is 0 Å². The first-order valence-electron chi connectivity index (χ1n) is 13.3. The van der Waals surface area contributed by atoms with Gasteiger partial charge in [0.1, 0.15) is 0 Å². The van der Waals surface area contributed by atoms with E-state index in [9.17, 15) is 0 Å². The Bertz CT molecular complexity index is 703. The predicted molar refractivity (Wildman–Crippen MR) is 125 cm³/mol. The van der Waals surface area contributed by atoms with Crippen LogP contribution in [0.1, 0.15) is 113 Å². The quantitative estimate of drug-likeness (QED) is 0.359. The van der Waals surface area contributed by atoms with E-state index in [-0.39, 0.29) is 0 Å². The third kappa shape index (κ3) is 2.50. The van der Waals surface area contributed by atoms with Crippen molar-refractivity contribution in [2.45, 2.75) is 113 Å². The van der Waals surface area contributed by atoms with Crippen molar-refractivity contribution in [3.8, 4) is 0 Å². The zero-order valence-corrected chi connectivity index (χ0v) is 20.6. The van der Waals surface area contributed by atoms with Crippen LogP contribution in [0.15, 0.2) is 11.6 Å². The van der Waals surface area contributed by atoms with E-state index in [0.717, 1.165) is 35.5 Å². The molecule has 0 radical (unpaired) electrons. The van der Waals surface area contributed by atoms with E-state index in [1.165, 1.54) is 64.2 Å². The molecular formula is C29H48. The Balaban J connectivity index is 1.59. The van der Waals surface area contributed by atoms with Crippen LogP contribution in [-0.2, 0) is 0 Å². The molecule has 5 aliphatic carbocycles. The molecule has 0 bridgehead atoms. The number of hydrogen-bond acceptors (Lipinski definition) is 0. The monoisotopic (exact) mass is 396 g/mol. The lowest BCUT2D eigenvalue weighted by atomic mass is 9.34. The number of rotatable bonds is 0. The summed E-state index contributed by atoms with van der Waals surface area (Å²) in [6.45, 7) is 18.6. The van der Waals surface area contributed by atoms with Crippen molar-refractivity contribution in [3.05, 3.63) is 11.6 Å². The highest BCUT2D eigenvalue weighted by molar-refractivity contribution is 5.33. The van der Waals surface area contributed by atoms with Gasteiger partial charge in [-0.15, -0.1) is 0 Å². The van der Waals surface area contributed by atoms with Gasteiger partial charge in [-0.2, -0.15) is 0 Å². The molecule has 0 amide bonds. The SMILES string of the molecule is CC1CCC[C@@]2(C)C1CC[C@]1(C)[C@@H]2CC=C2[C@@H]3[C@@H](C)[C@H](C)CC[C@]3(C)CC[C@]21C. The first kappa shape index (κ1) is 20.6. The zero-order valence-electron chi connectivity index (χ0n) is 20.6. The summed E-state index contributed by atoms with van der Waals surface area (Å²) < 4.78 is 0. The van der Waals surface area contributed by atoms with E-state index in [2.05, 4.69) is 54.5 Å². The normalized spacial score (nSPS) is 59.6. The van der Waals surface area contributed by atoms with Gasteiger partial charge in [0, 0.05) is 0 Å². The highest BCUT2D eigenvalue weighted by Gasteiger charge is 2.66. The van der Waals surface area contributed by atoms with Crippen LogP contribution in [-0.4, -0.2) is 0 Å². The predicted octanol–water partition coefficient (Wildman–Crippen LogP) is 8.66. The molecule has 4 saturated carbocycles. The van der Waals surface area contributed by atoms with Crippen LogP contribution in [0.3, 0.4) is 0 Å². The Morgan fingerprint density at radius 3 is 2.31 bits per heavy atom. The maximum atomic E-state index is 2.86. The van der Waals surface area contributed by atoms with Crippen LogP contribution >= 0.6 is 0 Å². The molecule has 0 aliphatic heterocycles. The Morgan fingerprint density at radius 2 is 1.55 bits per heavy atom. The first-order valence-corrected chi connectivity index (χ1v) is 13.3. The van der Waals surface area contributed by atoms with Gasteiger partial charge in [-0.1, -0.05) is 73.0 Å². The number of fused-ring (bicyclic) bond motifs is 7. The van der Waals surface area contributed by atoms with E-state index in [4.69, 9.17) is 0 Å². The van der Waals surface area contributed by atoms with Gasteiger partial charge < -0.3 is 0 Å². The van der Waals surface area contributed by atoms with Crippen LogP contribution in [0.4, 0.5) is 0 Å². The lowest BCUT2D eigenvalue weighted by Crippen LogP contribution is -2.62. The summed E-state index contributed by atoms with van der Waals surface area (Å²) in [5.74, 6) is 5.45. The van der Waals surface area contributed by atoms with Crippen LogP contribution in [0.5, 0.6) is 0 Å². The maximum Gasteiger partial charge on any atom is -0.00564 e. The topological polar surface area (TPSA) is 0 Å². The van der Waals surface area contributed by atoms with Crippen molar-refractivity contribution in [1.82, 2.24) is 0 Å². The van der Waals surface area contributed by atoms with Gasteiger partial charge in [0.25, 0.3) is 0 Å². The average Bonchev–Trinajstić information content (AvgIpc) is 2.66. The fourth-order valence-electron chi connectivity index (χ4n) is 10.5. The minimum absolute atomic E-state index is 0.445. The molecule has 2 unspecified atom stereocenters. The molecule has 0 saturated heterocycles. The molecule has 0 heterocycles. The third-order valence-electron chi connectivity index (χ3n) is 12.8. The molecule has 0 aromatic rings. The van der Waals surface area contributed by atoms with E-state index in [1.54, 1.807) is 0 Å². The van der Waals surface area contributed by atoms with E-state index in [0.29, 0.717) is 21.7 Å². The van der Waals surface area contributed by atoms with Crippen molar-refractivity contribution < 1.29 is 0 Å². The zero-order chi connectivity index (χ0) is 20.8. The summed E-state index contributed by atoms with van der Waals surface area (Å²) in [6, 6.07) is 0. The third-order valence-corrected chi connectivity index (χ3v) is 12.8.